The highest BCUT2D eigenvalue weighted by atomic mass is 16.4. The molecule has 11 heavy (non-hydrogen) atoms. The zero-order valence-corrected chi connectivity index (χ0v) is 6.85. The summed E-state index contributed by atoms with van der Waals surface area (Å²) in [6, 6.07) is 0. The van der Waals surface area contributed by atoms with Gasteiger partial charge in [0.2, 0.25) is 5.88 Å². The smallest absolute Gasteiger partial charge is 0.217 e. The van der Waals surface area contributed by atoms with Crippen molar-refractivity contribution in [3.05, 3.63) is 11.6 Å². The predicted octanol–water partition coefficient (Wildman–Crippen LogP) is 1.77. The molecule has 60 valence electrons. The van der Waals surface area contributed by atoms with Gasteiger partial charge in [-0.15, -0.1) is 0 Å². The molecular weight excluding hydrogens is 140 g/mol. The van der Waals surface area contributed by atoms with Crippen molar-refractivity contribution in [1.29, 1.82) is 0 Å². The summed E-state index contributed by atoms with van der Waals surface area (Å²) in [5, 5.41) is 3.15. The van der Waals surface area contributed by atoms with Crippen LogP contribution in [0, 0.1) is 0 Å². The molecule has 0 aromatic carbocycles. The lowest BCUT2D eigenvalue weighted by molar-refractivity contribution is 0.481. The van der Waals surface area contributed by atoms with E-state index in [2.05, 4.69) is 24.1 Å². The summed E-state index contributed by atoms with van der Waals surface area (Å²) in [5.41, 5.74) is 1.09. The normalized spacial score (nSPS) is 15.2. The Morgan fingerprint density at radius 2 is 2.36 bits per heavy atom. The van der Waals surface area contributed by atoms with Crippen LogP contribution in [-0.4, -0.2) is 11.5 Å². The van der Waals surface area contributed by atoms with Gasteiger partial charge in [-0.3, -0.25) is 0 Å². The second-order valence-electron chi connectivity index (χ2n) is 3.16. The van der Waals surface area contributed by atoms with Gasteiger partial charge in [0, 0.05) is 18.9 Å². The van der Waals surface area contributed by atoms with Crippen LogP contribution < -0.4 is 5.32 Å². The molecule has 3 heteroatoms. The first-order valence-electron chi connectivity index (χ1n) is 4.01. The number of fused-ring (bicyclic) bond motifs is 1. The Morgan fingerprint density at radius 1 is 1.55 bits per heavy atom. The number of oxazole rings is 1. The van der Waals surface area contributed by atoms with Crippen LogP contribution in [0.5, 0.6) is 0 Å². The molecule has 1 aromatic heterocycles. The molecule has 0 bridgehead atoms. The Balaban J connectivity index is 2.34. The van der Waals surface area contributed by atoms with Crippen molar-refractivity contribution in [3.8, 4) is 0 Å². The highest BCUT2D eigenvalue weighted by Gasteiger charge is 2.18. The number of nitrogens with one attached hydrogen (secondary N) is 1. The molecule has 0 fully saturated rings. The molecule has 0 aliphatic carbocycles. The van der Waals surface area contributed by atoms with Crippen molar-refractivity contribution >= 4 is 5.88 Å². The maximum Gasteiger partial charge on any atom is 0.217 e. The van der Waals surface area contributed by atoms with E-state index in [-0.39, 0.29) is 0 Å². The average Bonchev–Trinajstić information content (AvgIpc) is 2.40. The van der Waals surface area contributed by atoms with Gasteiger partial charge in [0.05, 0.1) is 0 Å². The topological polar surface area (TPSA) is 38.1 Å². The van der Waals surface area contributed by atoms with Crippen LogP contribution in [0.2, 0.25) is 0 Å². The van der Waals surface area contributed by atoms with E-state index in [1.165, 1.54) is 0 Å². The maximum absolute atomic E-state index is 5.47. The number of anilines is 1. The van der Waals surface area contributed by atoms with E-state index in [9.17, 15) is 0 Å². The van der Waals surface area contributed by atoms with Crippen LogP contribution in [0.3, 0.4) is 0 Å². The summed E-state index contributed by atoms with van der Waals surface area (Å²) in [4.78, 5) is 4.36. The molecule has 0 atom stereocenters. The molecule has 0 radical (unpaired) electrons. The van der Waals surface area contributed by atoms with E-state index in [1.54, 1.807) is 0 Å². The summed E-state index contributed by atoms with van der Waals surface area (Å²) in [6.07, 6.45) is 1.01. The Kier molecular flexibility index (Phi) is 1.37. The molecule has 1 aliphatic heterocycles. The highest BCUT2D eigenvalue weighted by molar-refractivity contribution is 5.42. The lowest BCUT2D eigenvalue weighted by atomic mass is 10.2. The number of nitrogens with zero attached hydrogens (tertiary/aromatic N) is 1. The molecule has 1 N–H and O–H groups in total. The summed E-state index contributed by atoms with van der Waals surface area (Å²) in [5.74, 6) is 2.12. The van der Waals surface area contributed by atoms with Crippen molar-refractivity contribution in [2.75, 3.05) is 11.9 Å². The Morgan fingerprint density at radius 3 is 3.00 bits per heavy atom. The third-order valence-electron chi connectivity index (χ3n) is 1.86. The SMILES string of the molecule is CC(C)c1nc2c(o1)NCC2. The number of aromatic nitrogens is 1. The Bertz CT molecular complexity index is 244. The summed E-state index contributed by atoms with van der Waals surface area (Å²) < 4.78 is 5.47. The molecule has 0 amide bonds. The Hall–Kier alpha value is -0.990. The minimum atomic E-state index is 0.391. The van der Waals surface area contributed by atoms with Gasteiger partial charge in [-0.05, 0) is 0 Å². The van der Waals surface area contributed by atoms with Crippen LogP contribution in [0.4, 0.5) is 5.88 Å². The van der Waals surface area contributed by atoms with E-state index in [0.29, 0.717) is 5.92 Å². The van der Waals surface area contributed by atoms with E-state index in [1.807, 2.05) is 0 Å². The minimum Gasteiger partial charge on any atom is -0.425 e. The third kappa shape index (κ3) is 1.00. The number of hydrogen-bond acceptors (Lipinski definition) is 3. The molecule has 0 saturated heterocycles. The highest BCUT2D eigenvalue weighted by Crippen LogP contribution is 2.26. The van der Waals surface area contributed by atoms with Gasteiger partial charge in [-0.25, -0.2) is 4.98 Å². The molecule has 2 rings (SSSR count). The second kappa shape index (κ2) is 2.26. The van der Waals surface area contributed by atoms with E-state index < -0.39 is 0 Å². The van der Waals surface area contributed by atoms with Crippen molar-refractivity contribution in [3.63, 3.8) is 0 Å². The zero-order chi connectivity index (χ0) is 7.84. The molecule has 0 saturated carbocycles. The third-order valence-corrected chi connectivity index (χ3v) is 1.86. The molecule has 1 aromatic rings. The van der Waals surface area contributed by atoms with Gasteiger partial charge < -0.3 is 9.73 Å². The van der Waals surface area contributed by atoms with E-state index in [0.717, 1.165) is 30.4 Å². The van der Waals surface area contributed by atoms with Gasteiger partial charge in [-0.1, -0.05) is 13.8 Å². The fourth-order valence-corrected chi connectivity index (χ4v) is 1.22. The van der Waals surface area contributed by atoms with Gasteiger partial charge in [0.1, 0.15) is 5.69 Å². The second-order valence-corrected chi connectivity index (χ2v) is 3.16. The fourth-order valence-electron chi connectivity index (χ4n) is 1.22. The predicted molar refractivity (Wildman–Crippen MR) is 42.8 cm³/mol. The lowest BCUT2D eigenvalue weighted by Crippen LogP contribution is -1.94. The van der Waals surface area contributed by atoms with Crippen molar-refractivity contribution in [2.24, 2.45) is 0 Å². The van der Waals surface area contributed by atoms with Gasteiger partial charge >= 0.3 is 0 Å². The Labute approximate surface area is 65.8 Å². The molecule has 3 nitrogen and oxygen atoms in total. The molecule has 1 aliphatic rings. The number of hydrogen-bond donors (Lipinski definition) is 1. The molecular formula is C8H12N2O. The van der Waals surface area contributed by atoms with Crippen LogP contribution in [0.15, 0.2) is 4.42 Å². The summed E-state index contributed by atoms with van der Waals surface area (Å²) in [7, 11) is 0. The van der Waals surface area contributed by atoms with Crippen molar-refractivity contribution < 1.29 is 4.42 Å². The quantitative estimate of drug-likeness (QED) is 0.666. The standard InChI is InChI=1S/C8H12N2O/c1-5(2)7-10-6-3-4-9-8(6)11-7/h5,9H,3-4H2,1-2H3. The molecule has 0 spiro atoms. The lowest BCUT2D eigenvalue weighted by Gasteiger charge is -1.96. The van der Waals surface area contributed by atoms with E-state index in [4.69, 9.17) is 4.42 Å². The van der Waals surface area contributed by atoms with Gasteiger partial charge in [0.15, 0.2) is 5.89 Å². The average molecular weight is 152 g/mol. The first-order valence-corrected chi connectivity index (χ1v) is 4.01. The van der Waals surface area contributed by atoms with Gasteiger partial charge in [-0.2, -0.15) is 0 Å². The van der Waals surface area contributed by atoms with Crippen LogP contribution in [0.1, 0.15) is 31.4 Å². The fraction of sp³-hybridized carbons (Fsp3) is 0.625. The maximum atomic E-state index is 5.47. The first kappa shape index (κ1) is 6.70. The zero-order valence-electron chi connectivity index (χ0n) is 6.85. The summed E-state index contributed by atoms with van der Waals surface area (Å²) >= 11 is 0. The van der Waals surface area contributed by atoms with E-state index >= 15 is 0 Å². The van der Waals surface area contributed by atoms with Crippen molar-refractivity contribution in [1.82, 2.24) is 4.98 Å². The van der Waals surface area contributed by atoms with Crippen molar-refractivity contribution in [2.45, 2.75) is 26.2 Å². The van der Waals surface area contributed by atoms with Crippen LogP contribution >= 0.6 is 0 Å². The minimum absolute atomic E-state index is 0.391. The number of rotatable bonds is 1. The summed E-state index contributed by atoms with van der Waals surface area (Å²) in [6.45, 7) is 5.14. The molecule has 2 heterocycles. The van der Waals surface area contributed by atoms with Crippen LogP contribution in [-0.2, 0) is 6.42 Å². The first-order chi connectivity index (χ1) is 5.27. The largest absolute Gasteiger partial charge is 0.425 e. The van der Waals surface area contributed by atoms with Crippen LogP contribution in [0.25, 0.3) is 0 Å². The monoisotopic (exact) mass is 152 g/mol. The van der Waals surface area contributed by atoms with Gasteiger partial charge in [0.25, 0.3) is 0 Å². The molecule has 0 unspecified atom stereocenters.